The van der Waals surface area contributed by atoms with Gasteiger partial charge in [0.05, 0.1) is 24.3 Å². The van der Waals surface area contributed by atoms with Crippen LogP contribution in [0.5, 0.6) is 5.75 Å². The third kappa shape index (κ3) is 4.22. The Morgan fingerprint density at radius 3 is 2.18 bits per heavy atom. The van der Waals surface area contributed by atoms with Gasteiger partial charge in [0.1, 0.15) is 23.1 Å². The van der Waals surface area contributed by atoms with Crippen molar-refractivity contribution in [3.8, 4) is 5.75 Å². The lowest BCUT2D eigenvalue weighted by atomic mass is 9.94. The van der Waals surface area contributed by atoms with Gasteiger partial charge in [0, 0.05) is 6.54 Å². The number of ketones is 1. The average Bonchev–Trinajstić information content (AvgIpc) is 3.05. The van der Waals surface area contributed by atoms with Crippen LogP contribution in [0.1, 0.15) is 28.3 Å². The zero-order chi connectivity index (χ0) is 23.7. The van der Waals surface area contributed by atoms with Gasteiger partial charge in [-0.2, -0.15) is 0 Å². The highest BCUT2D eigenvalue weighted by molar-refractivity contribution is 6.46. The van der Waals surface area contributed by atoms with Crippen LogP contribution in [0.4, 0.5) is 8.78 Å². The van der Waals surface area contributed by atoms with Crippen molar-refractivity contribution in [1.82, 2.24) is 4.90 Å². The topological polar surface area (TPSA) is 66.8 Å². The Bertz CT molecular complexity index is 1250. The molecule has 1 unspecified atom stereocenters. The maximum atomic E-state index is 13.6. The van der Waals surface area contributed by atoms with Gasteiger partial charge in [-0.1, -0.05) is 35.9 Å². The SMILES string of the molecule is COc1ccc(C)cc1/C(O)=C1\C(=O)C(=O)N(Cc2ccc(F)cc2)C1c1ccc(F)cc1. The number of halogens is 2. The summed E-state index contributed by atoms with van der Waals surface area (Å²) in [6.45, 7) is 1.81. The van der Waals surface area contributed by atoms with Crippen molar-refractivity contribution in [3.05, 3.63) is 106 Å². The van der Waals surface area contributed by atoms with Crippen LogP contribution >= 0.6 is 0 Å². The van der Waals surface area contributed by atoms with Crippen LogP contribution < -0.4 is 4.74 Å². The number of aryl methyl sites for hydroxylation is 1. The number of ether oxygens (including phenoxy) is 1. The fraction of sp³-hybridized carbons (Fsp3) is 0.154. The highest BCUT2D eigenvalue weighted by Crippen LogP contribution is 2.41. The minimum absolute atomic E-state index is 0.00533. The minimum Gasteiger partial charge on any atom is -0.507 e. The Balaban J connectivity index is 1.89. The van der Waals surface area contributed by atoms with E-state index >= 15 is 0 Å². The van der Waals surface area contributed by atoms with Crippen LogP contribution in [0, 0.1) is 18.6 Å². The standard InChI is InChI=1S/C26H21F2NO4/c1-15-3-12-21(33-2)20(13-15)24(30)22-23(17-6-10-19(28)11-7-17)29(26(32)25(22)31)14-16-4-8-18(27)9-5-16/h3-13,23,30H,14H2,1-2H3/b24-22+. The van der Waals surface area contributed by atoms with Crippen molar-refractivity contribution in [3.63, 3.8) is 0 Å². The Kier molecular flexibility index (Phi) is 5.96. The van der Waals surface area contributed by atoms with E-state index in [0.29, 0.717) is 16.9 Å². The summed E-state index contributed by atoms with van der Waals surface area (Å²) in [4.78, 5) is 27.5. The second kappa shape index (κ2) is 8.86. The van der Waals surface area contributed by atoms with Gasteiger partial charge >= 0.3 is 0 Å². The molecule has 1 amide bonds. The van der Waals surface area contributed by atoms with Gasteiger partial charge in [-0.25, -0.2) is 8.78 Å². The third-order valence-electron chi connectivity index (χ3n) is 5.60. The zero-order valence-corrected chi connectivity index (χ0v) is 18.0. The van der Waals surface area contributed by atoms with Crippen LogP contribution in [-0.2, 0) is 16.1 Å². The summed E-state index contributed by atoms with van der Waals surface area (Å²) in [6, 6.07) is 15.1. The third-order valence-corrected chi connectivity index (χ3v) is 5.60. The molecule has 3 aromatic rings. The molecule has 1 heterocycles. The molecule has 1 N–H and O–H groups in total. The molecule has 168 valence electrons. The average molecular weight is 449 g/mol. The molecule has 3 aromatic carbocycles. The van der Waals surface area contributed by atoms with Gasteiger partial charge in [-0.15, -0.1) is 0 Å². The van der Waals surface area contributed by atoms with E-state index in [9.17, 15) is 23.5 Å². The number of aliphatic hydroxyl groups is 1. The number of aliphatic hydroxyl groups excluding tert-OH is 1. The summed E-state index contributed by atoms with van der Waals surface area (Å²) in [5, 5.41) is 11.2. The van der Waals surface area contributed by atoms with Crippen molar-refractivity contribution in [2.75, 3.05) is 7.11 Å². The molecule has 0 aromatic heterocycles. The number of amides is 1. The van der Waals surface area contributed by atoms with Gasteiger partial charge in [0.25, 0.3) is 11.7 Å². The number of methoxy groups -OCH3 is 1. The summed E-state index contributed by atoms with van der Waals surface area (Å²) in [5.41, 5.74) is 2.00. The molecule has 0 aliphatic carbocycles. The second-order valence-electron chi connectivity index (χ2n) is 7.81. The molecule has 0 spiro atoms. The van der Waals surface area contributed by atoms with E-state index < -0.39 is 29.4 Å². The summed E-state index contributed by atoms with van der Waals surface area (Å²) in [7, 11) is 1.44. The number of likely N-dealkylation sites (tertiary alicyclic amines) is 1. The molecule has 1 aliphatic heterocycles. The lowest BCUT2D eigenvalue weighted by Gasteiger charge is -2.25. The molecule has 1 fully saturated rings. The molecule has 4 rings (SSSR count). The summed E-state index contributed by atoms with van der Waals surface area (Å²) >= 11 is 0. The summed E-state index contributed by atoms with van der Waals surface area (Å²) in [5.74, 6) is -2.64. The molecule has 5 nitrogen and oxygen atoms in total. The van der Waals surface area contributed by atoms with Crippen LogP contribution in [0.15, 0.2) is 72.3 Å². The van der Waals surface area contributed by atoms with E-state index in [4.69, 9.17) is 4.74 Å². The van der Waals surface area contributed by atoms with Crippen molar-refractivity contribution in [2.24, 2.45) is 0 Å². The highest BCUT2D eigenvalue weighted by Gasteiger charge is 2.46. The van der Waals surface area contributed by atoms with E-state index in [1.165, 1.54) is 60.5 Å². The van der Waals surface area contributed by atoms with Crippen molar-refractivity contribution < 1.29 is 28.2 Å². The van der Waals surface area contributed by atoms with Gasteiger partial charge in [0.15, 0.2) is 0 Å². The van der Waals surface area contributed by atoms with E-state index in [1.54, 1.807) is 18.2 Å². The quantitative estimate of drug-likeness (QED) is 0.342. The van der Waals surface area contributed by atoms with Crippen LogP contribution in [0.3, 0.4) is 0 Å². The van der Waals surface area contributed by atoms with Gasteiger partial charge in [-0.05, 0) is 54.4 Å². The molecule has 0 bridgehead atoms. The summed E-state index contributed by atoms with van der Waals surface area (Å²) < 4.78 is 32.3. The van der Waals surface area contributed by atoms with E-state index in [-0.39, 0.29) is 23.4 Å². The number of rotatable bonds is 5. The zero-order valence-electron chi connectivity index (χ0n) is 18.0. The molecule has 1 aliphatic rings. The normalized spacial score (nSPS) is 17.5. The number of Topliss-reactive ketones (excluding diaryl/α,β-unsaturated/α-hetero) is 1. The van der Waals surface area contributed by atoms with Crippen molar-refractivity contribution >= 4 is 17.4 Å². The monoisotopic (exact) mass is 449 g/mol. The number of carbonyl (C=O) groups is 2. The van der Waals surface area contributed by atoms with Gasteiger partial charge in [-0.3, -0.25) is 9.59 Å². The van der Waals surface area contributed by atoms with Crippen molar-refractivity contribution in [2.45, 2.75) is 19.5 Å². The predicted molar refractivity (Wildman–Crippen MR) is 118 cm³/mol. The largest absolute Gasteiger partial charge is 0.507 e. The first-order valence-electron chi connectivity index (χ1n) is 10.2. The first-order chi connectivity index (χ1) is 15.8. The Morgan fingerprint density at radius 1 is 0.970 bits per heavy atom. The fourth-order valence-electron chi connectivity index (χ4n) is 3.97. The lowest BCUT2D eigenvalue weighted by Crippen LogP contribution is -2.29. The Labute approximate surface area is 189 Å². The lowest BCUT2D eigenvalue weighted by molar-refractivity contribution is -0.140. The van der Waals surface area contributed by atoms with E-state index in [0.717, 1.165) is 5.56 Å². The predicted octanol–water partition coefficient (Wildman–Crippen LogP) is 4.90. The Morgan fingerprint density at radius 2 is 1.58 bits per heavy atom. The number of nitrogens with zero attached hydrogens (tertiary/aromatic N) is 1. The second-order valence-corrected chi connectivity index (χ2v) is 7.81. The van der Waals surface area contributed by atoms with Crippen LogP contribution in [0.25, 0.3) is 5.76 Å². The highest BCUT2D eigenvalue weighted by atomic mass is 19.1. The maximum absolute atomic E-state index is 13.6. The first-order valence-corrected chi connectivity index (χ1v) is 10.2. The van der Waals surface area contributed by atoms with E-state index in [2.05, 4.69) is 0 Å². The smallest absolute Gasteiger partial charge is 0.295 e. The molecule has 0 saturated carbocycles. The van der Waals surface area contributed by atoms with Crippen molar-refractivity contribution in [1.29, 1.82) is 0 Å². The van der Waals surface area contributed by atoms with E-state index in [1.807, 2.05) is 6.92 Å². The Hall–Kier alpha value is -4.00. The van der Waals surface area contributed by atoms with Crippen LogP contribution in [0.2, 0.25) is 0 Å². The number of hydrogen-bond acceptors (Lipinski definition) is 4. The summed E-state index contributed by atoms with van der Waals surface area (Å²) in [6.07, 6.45) is 0. The molecular formula is C26H21F2NO4. The van der Waals surface area contributed by atoms with Gasteiger partial charge in [0.2, 0.25) is 0 Å². The van der Waals surface area contributed by atoms with Gasteiger partial charge < -0.3 is 14.7 Å². The maximum Gasteiger partial charge on any atom is 0.295 e. The first kappa shape index (κ1) is 22.2. The number of benzene rings is 3. The number of hydrogen-bond donors (Lipinski definition) is 1. The number of carbonyl (C=O) groups excluding carboxylic acids is 2. The molecule has 1 saturated heterocycles. The molecule has 7 heteroatoms. The fourth-order valence-corrected chi connectivity index (χ4v) is 3.97. The van der Waals surface area contributed by atoms with Crippen LogP contribution in [-0.4, -0.2) is 28.8 Å². The molecule has 1 atom stereocenters. The minimum atomic E-state index is -0.971. The molecule has 0 radical (unpaired) electrons. The molecular weight excluding hydrogens is 428 g/mol. The molecule has 33 heavy (non-hydrogen) atoms.